The first-order chi connectivity index (χ1) is 4.33. The summed E-state index contributed by atoms with van der Waals surface area (Å²) in [7, 11) is 0. The first kappa shape index (κ1) is 5.87. The molecule has 1 rings (SSSR count). The predicted molar refractivity (Wildman–Crippen MR) is 31.2 cm³/mol. The van der Waals surface area contributed by atoms with E-state index in [-0.39, 0.29) is 12.6 Å². The molecule has 0 unspecified atom stereocenters. The van der Waals surface area contributed by atoms with Crippen LogP contribution in [0.5, 0.6) is 0 Å². The summed E-state index contributed by atoms with van der Waals surface area (Å²) < 4.78 is 0. The summed E-state index contributed by atoms with van der Waals surface area (Å²) in [6.45, 7) is 0.661. The van der Waals surface area contributed by atoms with Crippen molar-refractivity contribution < 1.29 is 5.11 Å². The highest BCUT2D eigenvalue weighted by atomic mass is 16.3. The van der Waals surface area contributed by atoms with Gasteiger partial charge in [0.1, 0.15) is 6.67 Å². The molecule has 0 saturated carbocycles. The van der Waals surface area contributed by atoms with Crippen LogP contribution in [0, 0.1) is 4.91 Å². The Morgan fingerprint density at radius 3 is 3.11 bits per heavy atom. The second kappa shape index (κ2) is 2.34. The van der Waals surface area contributed by atoms with Crippen LogP contribution in [-0.4, -0.2) is 23.3 Å². The van der Waals surface area contributed by atoms with Gasteiger partial charge in [-0.05, 0) is 6.08 Å². The molecule has 1 heterocycles. The highest BCUT2D eigenvalue weighted by molar-refractivity contribution is 4.93. The lowest BCUT2D eigenvalue weighted by Crippen LogP contribution is -2.34. The van der Waals surface area contributed by atoms with Crippen LogP contribution in [0.25, 0.3) is 0 Å². The number of hydrogen-bond acceptors (Lipinski definition) is 4. The Bertz CT molecular complexity index is 145. The summed E-state index contributed by atoms with van der Waals surface area (Å²) >= 11 is 0. The van der Waals surface area contributed by atoms with E-state index in [9.17, 15) is 4.91 Å². The lowest BCUT2D eigenvalue weighted by atomic mass is 10.5. The van der Waals surface area contributed by atoms with E-state index in [0.29, 0.717) is 6.54 Å². The zero-order valence-corrected chi connectivity index (χ0v) is 4.74. The van der Waals surface area contributed by atoms with Gasteiger partial charge in [-0.25, -0.2) is 5.01 Å². The number of nitrogens with zero attached hydrogens (tertiary/aromatic N) is 2. The third-order valence-corrected chi connectivity index (χ3v) is 1.05. The molecule has 0 atom stereocenters. The van der Waals surface area contributed by atoms with Gasteiger partial charge in [-0.1, -0.05) is 0 Å². The summed E-state index contributed by atoms with van der Waals surface area (Å²) in [6, 6.07) is 0. The molecule has 0 aromatic heterocycles. The minimum atomic E-state index is 0.106. The topological polar surface area (TPSA) is 64.9 Å². The van der Waals surface area contributed by atoms with Gasteiger partial charge >= 0.3 is 0 Å². The largest absolute Gasteiger partial charge is 0.495 e. The zero-order valence-electron chi connectivity index (χ0n) is 4.74. The SMILES string of the molecule is O=NN1CC=C(O)NC1. The molecule has 0 aliphatic carbocycles. The van der Waals surface area contributed by atoms with Gasteiger partial charge in [0.25, 0.3) is 0 Å². The van der Waals surface area contributed by atoms with Crippen LogP contribution in [0.1, 0.15) is 0 Å². The minimum absolute atomic E-state index is 0.106. The van der Waals surface area contributed by atoms with Gasteiger partial charge in [0.2, 0.25) is 0 Å². The maximum absolute atomic E-state index is 9.79. The molecule has 0 radical (unpaired) electrons. The molecule has 0 aromatic rings. The van der Waals surface area contributed by atoms with Crippen molar-refractivity contribution in [2.45, 2.75) is 0 Å². The lowest BCUT2D eigenvalue weighted by molar-refractivity contribution is 0.234. The van der Waals surface area contributed by atoms with Gasteiger partial charge in [-0.2, -0.15) is 0 Å². The Kier molecular flexibility index (Phi) is 1.53. The summed E-state index contributed by atoms with van der Waals surface area (Å²) in [6.07, 6.45) is 1.48. The second-order valence-electron chi connectivity index (χ2n) is 1.69. The monoisotopic (exact) mass is 129 g/mol. The third-order valence-electron chi connectivity index (χ3n) is 1.05. The van der Waals surface area contributed by atoms with E-state index >= 15 is 0 Å². The molecular weight excluding hydrogens is 122 g/mol. The van der Waals surface area contributed by atoms with Crippen LogP contribution in [0.3, 0.4) is 0 Å². The van der Waals surface area contributed by atoms with Crippen LogP contribution in [0.15, 0.2) is 17.2 Å². The van der Waals surface area contributed by atoms with Crippen molar-refractivity contribution in [2.24, 2.45) is 5.29 Å². The van der Waals surface area contributed by atoms with Crippen LogP contribution in [-0.2, 0) is 0 Å². The molecule has 1 aliphatic heterocycles. The smallest absolute Gasteiger partial charge is 0.183 e. The van der Waals surface area contributed by atoms with E-state index in [1.807, 2.05) is 0 Å². The maximum atomic E-state index is 9.79. The molecule has 0 spiro atoms. The zero-order chi connectivity index (χ0) is 6.69. The molecule has 50 valence electrons. The summed E-state index contributed by atoms with van der Waals surface area (Å²) in [5, 5.41) is 15.1. The van der Waals surface area contributed by atoms with E-state index in [1.54, 1.807) is 0 Å². The van der Waals surface area contributed by atoms with Crippen LogP contribution in [0.2, 0.25) is 0 Å². The number of rotatable bonds is 1. The van der Waals surface area contributed by atoms with Crippen molar-refractivity contribution >= 4 is 0 Å². The Labute approximate surface area is 51.9 Å². The van der Waals surface area contributed by atoms with Gasteiger partial charge in [-0.15, -0.1) is 4.91 Å². The quantitative estimate of drug-likeness (QED) is 0.486. The van der Waals surface area contributed by atoms with Crippen molar-refractivity contribution in [2.75, 3.05) is 13.2 Å². The number of nitroso groups, excluding NO2 is 1. The molecule has 5 nitrogen and oxygen atoms in total. The summed E-state index contributed by atoms with van der Waals surface area (Å²) in [5.41, 5.74) is 0. The third kappa shape index (κ3) is 1.31. The molecule has 0 aromatic carbocycles. The lowest BCUT2D eigenvalue weighted by Gasteiger charge is -2.18. The fourth-order valence-corrected chi connectivity index (χ4v) is 0.563. The first-order valence-corrected chi connectivity index (χ1v) is 2.54. The highest BCUT2D eigenvalue weighted by Gasteiger charge is 2.06. The number of hydrogen-bond donors (Lipinski definition) is 2. The maximum Gasteiger partial charge on any atom is 0.183 e. The van der Waals surface area contributed by atoms with Gasteiger partial charge in [0, 0.05) is 0 Å². The van der Waals surface area contributed by atoms with Gasteiger partial charge in [0.15, 0.2) is 5.88 Å². The van der Waals surface area contributed by atoms with Gasteiger partial charge in [0.05, 0.1) is 11.8 Å². The van der Waals surface area contributed by atoms with Crippen LogP contribution >= 0.6 is 0 Å². The van der Waals surface area contributed by atoms with Gasteiger partial charge in [-0.3, -0.25) is 0 Å². The molecule has 0 fully saturated rings. The van der Waals surface area contributed by atoms with Crippen LogP contribution in [0.4, 0.5) is 0 Å². The predicted octanol–water partition coefficient (Wildman–Crippen LogP) is -0.0701. The summed E-state index contributed by atoms with van der Waals surface area (Å²) in [5.74, 6) is 0.106. The van der Waals surface area contributed by atoms with Crippen LogP contribution < -0.4 is 5.32 Å². The van der Waals surface area contributed by atoms with E-state index < -0.39 is 0 Å². The van der Waals surface area contributed by atoms with E-state index in [0.717, 1.165) is 0 Å². The Morgan fingerprint density at radius 2 is 2.67 bits per heavy atom. The number of nitrogens with one attached hydrogen (secondary N) is 1. The first-order valence-electron chi connectivity index (χ1n) is 2.54. The van der Waals surface area contributed by atoms with E-state index in [2.05, 4.69) is 10.6 Å². The number of aliphatic hydroxyl groups excluding tert-OH is 1. The van der Waals surface area contributed by atoms with Crippen molar-refractivity contribution in [1.29, 1.82) is 0 Å². The minimum Gasteiger partial charge on any atom is -0.495 e. The van der Waals surface area contributed by atoms with E-state index in [4.69, 9.17) is 5.11 Å². The molecule has 5 heteroatoms. The highest BCUT2D eigenvalue weighted by Crippen LogP contribution is 1.95. The number of aliphatic hydroxyl groups is 1. The molecule has 1 aliphatic rings. The summed E-state index contributed by atoms with van der Waals surface area (Å²) in [4.78, 5) is 9.79. The average molecular weight is 129 g/mol. The second-order valence-corrected chi connectivity index (χ2v) is 1.69. The standard InChI is InChI=1S/C4H7N3O2/c8-4-1-2-7(6-9)3-5-4/h1,5,8H,2-3H2. The van der Waals surface area contributed by atoms with Gasteiger partial charge < -0.3 is 10.4 Å². The van der Waals surface area contributed by atoms with E-state index in [1.165, 1.54) is 11.1 Å². The fourth-order valence-electron chi connectivity index (χ4n) is 0.563. The normalized spacial score (nSPS) is 18.2. The molecule has 0 saturated heterocycles. The Morgan fingerprint density at radius 1 is 1.89 bits per heavy atom. The Balaban J connectivity index is 2.45. The molecule has 0 bridgehead atoms. The van der Waals surface area contributed by atoms with Crippen molar-refractivity contribution in [3.63, 3.8) is 0 Å². The molecule has 0 amide bonds. The Hall–Kier alpha value is -1.26. The van der Waals surface area contributed by atoms with Crippen molar-refractivity contribution in [1.82, 2.24) is 10.3 Å². The fraction of sp³-hybridized carbons (Fsp3) is 0.500. The molecule has 9 heavy (non-hydrogen) atoms. The van der Waals surface area contributed by atoms with Crippen molar-refractivity contribution in [3.8, 4) is 0 Å². The average Bonchev–Trinajstić information content (AvgIpc) is 1.90. The van der Waals surface area contributed by atoms with Crippen molar-refractivity contribution in [3.05, 3.63) is 16.9 Å². The molecule has 2 N–H and O–H groups in total. The molecular formula is C4H7N3O2.